The summed E-state index contributed by atoms with van der Waals surface area (Å²) in [5, 5.41) is 4.29. The maximum Gasteiger partial charge on any atom is 0.163 e. The lowest BCUT2D eigenvalue weighted by Gasteiger charge is -2.16. The molecule has 0 aliphatic carbocycles. The number of fused-ring (bicyclic) bond motifs is 1. The summed E-state index contributed by atoms with van der Waals surface area (Å²) in [7, 11) is 0. The van der Waals surface area contributed by atoms with Crippen LogP contribution in [0.5, 0.6) is 5.75 Å². The Bertz CT molecular complexity index is 871. The van der Waals surface area contributed by atoms with Crippen LogP contribution in [0.25, 0.3) is 16.9 Å². The third kappa shape index (κ3) is 3.96. The fourth-order valence-corrected chi connectivity index (χ4v) is 3.00. The van der Waals surface area contributed by atoms with Crippen LogP contribution in [0.3, 0.4) is 0 Å². The summed E-state index contributed by atoms with van der Waals surface area (Å²) in [6.07, 6.45) is 4.61. The largest absolute Gasteiger partial charge is 0.491 e. The number of rotatable bonds is 6. The van der Waals surface area contributed by atoms with Crippen molar-refractivity contribution in [2.45, 2.75) is 40.2 Å². The van der Waals surface area contributed by atoms with Gasteiger partial charge in [0.1, 0.15) is 5.75 Å². The number of pyridine rings is 1. The smallest absolute Gasteiger partial charge is 0.163 e. The van der Waals surface area contributed by atoms with Crippen molar-refractivity contribution in [3.8, 4) is 17.0 Å². The van der Waals surface area contributed by atoms with E-state index < -0.39 is 0 Å². The highest BCUT2D eigenvalue weighted by atomic mass is 16.5. The molecule has 3 rings (SSSR count). The molecule has 2 atom stereocenters. The van der Waals surface area contributed by atoms with Crippen LogP contribution in [0.4, 0.5) is 0 Å². The van der Waals surface area contributed by atoms with E-state index >= 15 is 0 Å². The van der Waals surface area contributed by atoms with Crippen molar-refractivity contribution in [1.82, 2.24) is 19.6 Å². The van der Waals surface area contributed by atoms with Gasteiger partial charge in [-0.25, -0.2) is 14.5 Å². The van der Waals surface area contributed by atoms with Gasteiger partial charge in [0.15, 0.2) is 5.65 Å². The molecule has 0 radical (unpaired) electrons. The van der Waals surface area contributed by atoms with E-state index in [-0.39, 0.29) is 6.04 Å². The molecule has 0 amide bonds. The molecule has 0 spiro atoms. The average molecular weight is 339 g/mol. The van der Waals surface area contributed by atoms with Crippen molar-refractivity contribution in [3.05, 3.63) is 42.0 Å². The van der Waals surface area contributed by atoms with Crippen LogP contribution in [-0.2, 0) is 0 Å². The molecule has 0 aliphatic rings. The Morgan fingerprint density at radius 2 is 1.96 bits per heavy atom. The lowest BCUT2D eigenvalue weighted by molar-refractivity contribution is 0.244. The lowest BCUT2D eigenvalue weighted by Crippen LogP contribution is -2.21. The van der Waals surface area contributed by atoms with Gasteiger partial charge in [-0.15, -0.1) is 0 Å². The minimum absolute atomic E-state index is 0.187. The molecule has 0 bridgehead atoms. The summed E-state index contributed by atoms with van der Waals surface area (Å²) in [6.45, 7) is 8.73. The van der Waals surface area contributed by atoms with E-state index in [9.17, 15) is 0 Å². The first kappa shape index (κ1) is 17.4. The Balaban J connectivity index is 1.82. The molecule has 0 fully saturated rings. The number of hydrogen-bond acceptors (Lipinski definition) is 5. The highest BCUT2D eigenvalue weighted by Gasteiger charge is 2.12. The maximum atomic E-state index is 5.93. The van der Waals surface area contributed by atoms with E-state index in [1.807, 2.05) is 45.2 Å². The predicted molar refractivity (Wildman–Crippen MR) is 98.6 cm³/mol. The van der Waals surface area contributed by atoms with Crippen molar-refractivity contribution in [2.24, 2.45) is 11.7 Å². The monoisotopic (exact) mass is 339 g/mol. The number of nitrogens with zero attached hydrogens (tertiary/aromatic N) is 4. The van der Waals surface area contributed by atoms with Gasteiger partial charge in [-0.05, 0) is 51.3 Å². The van der Waals surface area contributed by atoms with E-state index in [1.54, 1.807) is 10.7 Å². The molecule has 132 valence electrons. The molecule has 2 unspecified atom stereocenters. The first-order valence-electron chi connectivity index (χ1n) is 8.61. The molecule has 3 aromatic heterocycles. The highest BCUT2D eigenvalue weighted by molar-refractivity contribution is 5.74. The molecule has 3 aromatic rings. The third-order valence-corrected chi connectivity index (χ3v) is 4.09. The fourth-order valence-electron chi connectivity index (χ4n) is 3.00. The van der Waals surface area contributed by atoms with Crippen LogP contribution in [0, 0.1) is 19.8 Å². The Morgan fingerprint density at radius 3 is 2.68 bits per heavy atom. The van der Waals surface area contributed by atoms with Crippen LogP contribution in [-0.4, -0.2) is 32.2 Å². The summed E-state index contributed by atoms with van der Waals surface area (Å²) in [5.41, 5.74) is 10.3. The number of aromatic nitrogens is 4. The molecule has 3 heterocycles. The summed E-state index contributed by atoms with van der Waals surface area (Å²) in [5.74, 6) is 1.22. The Kier molecular flexibility index (Phi) is 4.99. The van der Waals surface area contributed by atoms with E-state index in [1.165, 1.54) is 0 Å². The van der Waals surface area contributed by atoms with Gasteiger partial charge in [-0.1, -0.05) is 6.92 Å². The Labute approximate surface area is 148 Å². The van der Waals surface area contributed by atoms with Crippen LogP contribution in [0.1, 0.15) is 31.7 Å². The first-order chi connectivity index (χ1) is 11.9. The first-order valence-corrected chi connectivity index (χ1v) is 8.61. The molecule has 0 saturated carbocycles. The minimum atomic E-state index is 0.187. The number of nitrogens with two attached hydrogens (primary N) is 1. The van der Waals surface area contributed by atoms with Crippen LogP contribution in [0.15, 0.2) is 30.6 Å². The zero-order valence-electron chi connectivity index (χ0n) is 15.2. The average Bonchev–Trinajstić information content (AvgIpc) is 2.93. The SMILES string of the molecule is Cc1cn2nccc(-c3ccc(OCC(C)CC(C)N)c(C)n3)c2n1. The second-order valence-electron chi connectivity index (χ2n) is 6.80. The Hall–Kier alpha value is -2.47. The number of ether oxygens (including phenoxy) is 1. The van der Waals surface area contributed by atoms with Gasteiger partial charge in [-0.2, -0.15) is 5.10 Å². The highest BCUT2D eigenvalue weighted by Crippen LogP contribution is 2.26. The molecular formula is C19H25N5O. The van der Waals surface area contributed by atoms with Gasteiger partial charge in [0.2, 0.25) is 0 Å². The quantitative estimate of drug-likeness (QED) is 0.746. The second-order valence-corrected chi connectivity index (χ2v) is 6.80. The summed E-state index contributed by atoms with van der Waals surface area (Å²) < 4.78 is 7.71. The van der Waals surface area contributed by atoms with Crippen molar-refractivity contribution in [1.29, 1.82) is 0 Å². The van der Waals surface area contributed by atoms with Gasteiger partial charge in [0.25, 0.3) is 0 Å². The van der Waals surface area contributed by atoms with E-state index in [0.717, 1.165) is 40.5 Å². The van der Waals surface area contributed by atoms with Crippen molar-refractivity contribution >= 4 is 5.65 Å². The van der Waals surface area contributed by atoms with Gasteiger partial charge in [0, 0.05) is 17.8 Å². The normalized spacial score (nSPS) is 13.8. The predicted octanol–water partition coefficient (Wildman–Crippen LogP) is 3.16. The van der Waals surface area contributed by atoms with E-state index in [2.05, 4.69) is 17.0 Å². The molecule has 6 nitrogen and oxygen atoms in total. The standard InChI is InChI=1S/C19H25N5O/c1-12(9-13(2)20)11-25-18-6-5-17(23-15(18)4)16-7-8-21-24-10-14(3)22-19(16)24/h5-8,10,12-13H,9,11,20H2,1-4H3. The zero-order chi connectivity index (χ0) is 18.0. The molecule has 6 heteroatoms. The van der Waals surface area contributed by atoms with E-state index in [0.29, 0.717) is 12.5 Å². The number of aryl methyl sites for hydroxylation is 2. The summed E-state index contributed by atoms with van der Waals surface area (Å²) >= 11 is 0. The summed E-state index contributed by atoms with van der Waals surface area (Å²) in [6, 6.07) is 6.07. The molecule has 25 heavy (non-hydrogen) atoms. The molecular weight excluding hydrogens is 314 g/mol. The fraction of sp³-hybridized carbons (Fsp3) is 0.421. The van der Waals surface area contributed by atoms with Crippen LogP contribution in [0.2, 0.25) is 0 Å². The lowest BCUT2D eigenvalue weighted by atomic mass is 10.0. The summed E-state index contributed by atoms with van der Waals surface area (Å²) in [4.78, 5) is 9.26. The zero-order valence-corrected chi connectivity index (χ0v) is 15.2. The van der Waals surface area contributed by atoms with Gasteiger partial charge in [0.05, 0.1) is 29.9 Å². The number of hydrogen-bond donors (Lipinski definition) is 1. The number of imidazole rings is 1. The van der Waals surface area contributed by atoms with Gasteiger partial charge >= 0.3 is 0 Å². The van der Waals surface area contributed by atoms with Crippen molar-refractivity contribution in [3.63, 3.8) is 0 Å². The minimum Gasteiger partial charge on any atom is -0.491 e. The van der Waals surface area contributed by atoms with Crippen LogP contribution < -0.4 is 10.5 Å². The van der Waals surface area contributed by atoms with Gasteiger partial charge in [-0.3, -0.25) is 0 Å². The molecule has 2 N–H and O–H groups in total. The van der Waals surface area contributed by atoms with Crippen molar-refractivity contribution in [2.75, 3.05) is 6.61 Å². The molecule has 0 aromatic carbocycles. The van der Waals surface area contributed by atoms with Crippen LogP contribution >= 0.6 is 0 Å². The third-order valence-electron chi connectivity index (χ3n) is 4.09. The topological polar surface area (TPSA) is 78.3 Å². The molecule has 0 saturated heterocycles. The van der Waals surface area contributed by atoms with Gasteiger partial charge < -0.3 is 10.5 Å². The molecule has 0 aliphatic heterocycles. The second kappa shape index (κ2) is 7.19. The maximum absolute atomic E-state index is 5.93. The van der Waals surface area contributed by atoms with E-state index in [4.69, 9.17) is 15.5 Å². The Morgan fingerprint density at radius 1 is 1.16 bits per heavy atom. The van der Waals surface area contributed by atoms with Crippen molar-refractivity contribution < 1.29 is 4.74 Å².